The van der Waals surface area contributed by atoms with Crippen LogP contribution >= 0.6 is 0 Å². The normalized spacial score (nSPS) is 23.6. The lowest BCUT2D eigenvalue weighted by atomic mass is 10.1. The van der Waals surface area contributed by atoms with Crippen LogP contribution in [0.1, 0.15) is 32.1 Å². The number of nitrogens with zero attached hydrogens (tertiary/aromatic N) is 1. The average molecular weight is 274 g/mol. The van der Waals surface area contributed by atoms with Gasteiger partial charge in [0, 0.05) is 13.0 Å². The van der Waals surface area contributed by atoms with Gasteiger partial charge in [-0.15, -0.1) is 0 Å². The third kappa shape index (κ3) is 3.68. The second-order valence-electron chi connectivity index (χ2n) is 4.30. The molecule has 6 nitrogen and oxygen atoms in total. The number of hydrogen-bond acceptors (Lipinski definition) is 5. The number of carbonyl (C=O) groups excluding carboxylic acids is 1. The van der Waals surface area contributed by atoms with Gasteiger partial charge in [-0.25, -0.2) is 13.1 Å². The van der Waals surface area contributed by atoms with Gasteiger partial charge >= 0.3 is 5.97 Å². The zero-order valence-corrected chi connectivity index (χ0v) is 11.2. The first-order valence-corrected chi connectivity index (χ1v) is 7.51. The van der Waals surface area contributed by atoms with E-state index in [0.717, 1.165) is 0 Å². The van der Waals surface area contributed by atoms with Crippen molar-refractivity contribution >= 4 is 16.0 Å². The van der Waals surface area contributed by atoms with Gasteiger partial charge in [0.2, 0.25) is 10.0 Å². The highest BCUT2D eigenvalue weighted by molar-refractivity contribution is 7.90. The molecule has 102 valence electrons. The molecule has 0 heterocycles. The second-order valence-corrected chi connectivity index (χ2v) is 6.28. The highest BCUT2D eigenvalue weighted by Gasteiger charge is 2.41. The zero-order valence-electron chi connectivity index (χ0n) is 10.4. The van der Waals surface area contributed by atoms with Crippen LogP contribution in [0.25, 0.3) is 0 Å². The van der Waals surface area contributed by atoms with Gasteiger partial charge in [0.25, 0.3) is 0 Å². The monoisotopic (exact) mass is 274 g/mol. The van der Waals surface area contributed by atoms with Crippen molar-refractivity contribution in [2.75, 3.05) is 13.7 Å². The number of sulfonamides is 1. The summed E-state index contributed by atoms with van der Waals surface area (Å²) >= 11 is 0. The lowest BCUT2D eigenvalue weighted by Gasteiger charge is -2.18. The molecule has 0 radical (unpaired) electrons. The number of ether oxygens (including phenoxy) is 1. The van der Waals surface area contributed by atoms with Gasteiger partial charge in [0.1, 0.15) is 0 Å². The number of rotatable bonds is 6. The molecule has 0 aliphatic heterocycles. The molecular weight excluding hydrogens is 256 g/mol. The molecule has 0 amide bonds. The molecule has 1 N–H and O–H groups in total. The number of hydrogen-bond donors (Lipinski definition) is 1. The molecule has 0 aromatic rings. The van der Waals surface area contributed by atoms with E-state index in [1.54, 1.807) is 0 Å². The Morgan fingerprint density at radius 2 is 2.22 bits per heavy atom. The third-order valence-electron chi connectivity index (χ3n) is 3.12. The molecule has 0 aromatic heterocycles. The van der Waals surface area contributed by atoms with Gasteiger partial charge in [-0.2, -0.15) is 5.26 Å². The minimum atomic E-state index is -3.50. The number of methoxy groups -OCH3 is 1. The standard InChI is InChI=1S/C11H18N2O4S/c1-17-11(14)9-5-4-6-10(9)18(15,16)13-8-3-2-7-12/h9-10,13H,2-6,8H2,1H3. The Morgan fingerprint density at radius 1 is 1.50 bits per heavy atom. The molecule has 2 atom stereocenters. The molecule has 0 spiro atoms. The molecule has 1 rings (SSSR count). The summed E-state index contributed by atoms with van der Waals surface area (Å²) in [4.78, 5) is 11.5. The van der Waals surface area contributed by atoms with Crippen LogP contribution < -0.4 is 4.72 Å². The van der Waals surface area contributed by atoms with E-state index in [9.17, 15) is 13.2 Å². The second kappa shape index (κ2) is 6.71. The molecule has 0 saturated heterocycles. The van der Waals surface area contributed by atoms with E-state index in [1.807, 2.05) is 6.07 Å². The van der Waals surface area contributed by atoms with Crippen molar-refractivity contribution in [2.24, 2.45) is 5.92 Å². The molecule has 18 heavy (non-hydrogen) atoms. The summed E-state index contributed by atoms with van der Waals surface area (Å²) < 4.78 is 31.1. The van der Waals surface area contributed by atoms with Crippen LogP contribution in [0.5, 0.6) is 0 Å². The van der Waals surface area contributed by atoms with E-state index in [1.165, 1.54) is 7.11 Å². The maximum absolute atomic E-state index is 12.0. The topological polar surface area (TPSA) is 96.3 Å². The van der Waals surface area contributed by atoms with Crippen molar-refractivity contribution in [3.63, 3.8) is 0 Å². The molecule has 1 fully saturated rings. The average Bonchev–Trinajstić information content (AvgIpc) is 2.83. The molecule has 7 heteroatoms. The zero-order chi connectivity index (χ0) is 13.6. The summed E-state index contributed by atoms with van der Waals surface area (Å²) in [5.41, 5.74) is 0. The number of unbranched alkanes of at least 4 members (excludes halogenated alkanes) is 1. The first-order valence-electron chi connectivity index (χ1n) is 5.96. The Labute approximate surface area is 107 Å². The van der Waals surface area contributed by atoms with Crippen molar-refractivity contribution in [1.29, 1.82) is 5.26 Å². The fourth-order valence-electron chi connectivity index (χ4n) is 2.21. The van der Waals surface area contributed by atoms with Crippen LogP contribution in [0.3, 0.4) is 0 Å². The minimum absolute atomic E-state index is 0.236. The molecule has 0 bridgehead atoms. The predicted octanol–water partition coefficient (Wildman–Crippen LogP) is 0.551. The van der Waals surface area contributed by atoms with Crippen LogP contribution in [0.2, 0.25) is 0 Å². The summed E-state index contributed by atoms with van der Waals surface area (Å²) in [7, 11) is -2.24. The third-order valence-corrected chi connectivity index (χ3v) is 5.09. The first kappa shape index (κ1) is 14.9. The first-order chi connectivity index (χ1) is 8.53. The summed E-state index contributed by atoms with van der Waals surface area (Å²) in [5.74, 6) is -1.02. The van der Waals surface area contributed by atoms with Crippen LogP contribution in [0.15, 0.2) is 0 Å². The summed E-state index contributed by atoms with van der Waals surface area (Å²) in [6.45, 7) is 0.236. The highest BCUT2D eigenvalue weighted by Crippen LogP contribution is 2.31. The fraction of sp³-hybridized carbons (Fsp3) is 0.818. The van der Waals surface area contributed by atoms with E-state index >= 15 is 0 Å². The Kier molecular flexibility index (Phi) is 5.56. The molecular formula is C11H18N2O4S. The molecule has 1 aliphatic rings. The fourth-order valence-corrected chi connectivity index (χ4v) is 4.01. The quantitative estimate of drug-likeness (QED) is 0.563. The Morgan fingerprint density at radius 3 is 2.83 bits per heavy atom. The van der Waals surface area contributed by atoms with Crippen molar-refractivity contribution in [1.82, 2.24) is 4.72 Å². The SMILES string of the molecule is COC(=O)C1CCCC1S(=O)(=O)NCCCC#N. The lowest BCUT2D eigenvalue weighted by Crippen LogP contribution is -2.39. The number of nitriles is 1. The van der Waals surface area contributed by atoms with Crippen molar-refractivity contribution in [3.8, 4) is 6.07 Å². The van der Waals surface area contributed by atoms with Crippen molar-refractivity contribution in [3.05, 3.63) is 0 Å². The Balaban J connectivity index is 2.61. The van der Waals surface area contributed by atoms with E-state index < -0.39 is 27.2 Å². The van der Waals surface area contributed by atoms with E-state index in [-0.39, 0.29) is 6.54 Å². The Hall–Kier alpha value is -1.13. The molecule has 2 unspecified atom stereocenters. The summed E-state index contributed by atoms with van der Waals surface area (Å²) in [6, 6.07) is 1.95. The lowest BCUT2D eigenvalue weighted by molar-refractivity contribution is -0.145. The smallest absolute Gasteiger partial charge is 0.310 e. The number of nitrogens with one attached hydrogen (secondary N) is 1. The van der Waals surface area contributed by atoms with Crippen molar-refractivity contribution < 1.29 is 17.9 Å². The maximum Gasteiger partial charge on any atom is 0.310 e. The highest BCUT2D eigenvalue weighted by atomic mass is 32.2. The van der Waals surface area contributed by atoms with Gasteiger partial charge in [-0.3, -0.25) is 4.79 Å². The van der Waals surface area contributed by atoms with Gasteiger partial charge in [0.15, 0.2) is 0 Å². The summed E-state index contributed by atoms with van der Waals surface area (Å²) in [5, 5.41) is 7.66. The summed E-state index contributed by atoms with van der Waals surface area (Å²) in [6.07, 6.45) is 2.53. The van der Waals surface area contributed by atoms with Gasteiger partial charge < -0.3 is 4.74 Å². The largest absolute Gasteiger partial charge is 0.469 e. The minimum Gasteiger partial charge on any atom is -0.469 e. The number of carbonyl (C=O) groups is 1. The maximum atomic E-state index is 12.0. The van der Waals surface area contributed by atoms with E-state index in [4.69, 9.17) is 5.26 Å². The van der Waals surface area contributed by atoms with Crippen LogP contribution in [-0.4, -0.2) is 33.3 Å². The van der Waals surface area contributed by atoms with Gasteiger partial charge in [0.05, 0.1) is 24.3 Å². The van der Waals surface area contributed by atoms with Gasteiger partial charge in [-0.05, 0) is 19.3 Å². The molecule has 1 saturated carbocycles. The van der Waals surface area contributed by atoms with Crippen LogP contribution in [-0.2, 0) is 19.6 Å². The number of esters is 1. The van der Waals surface area contributed by atoms with E-state index in [0.29, 0.717) is 32.1 Å². The predicted molar refractivity (Wildman–Crippen MR) is 64.9 cm³/mol. The van der Waals surface area contributed by atoms with Crippen LogP contribution in [0, 0.1) is 17.2 Å². The Bertz CT molecular complexity index is 427. The van der Waals surface area contributed by atoms with Gasteiger partial charge in [-0.1, -0.05) is 6.42 Å². The van der Waals surface area contributed by atoms with E-state index in [2.05, 4.69) is 9.46 Å². The van der Waals surface area contributed by atoms with Crippen molar-refractivity contribution in [2.45, 2.75) is 37.4 Å². The van der Waals surface area contributed by atoms with Crippen LogP contribution in [0.4, 0.5) is 0 Å². The molecule has 0 aromatic carbocycles. The molecule has 1 aliphatic carbocycles.